The van der Waals surface area contributed by atoms with Crippen LogP contribution < -0.4 is 4.74 Å². The van der Waals surface area contributed by atoms with E-state index < -0.39 is 12.0 Å². The second-order valence-electron chi connectivity index (χ2n) is 6.52. The van der Waals surface area contributed by atoms with Crippen molar-refractivity contribution in [3.8, 4) is 5.75 Å². The number of rotatable bonds is 6. The maximum atomic E-state index is 11.9. The predicted octanol–water partition coefficient (Wildman–Crippen LogP) is 4.88. The number of aliphatic carboxylic acids is 1. The van der Waals surface area contributed by atoms with Gasteiger partial charge in [-0.25, -0.2) is 0 Å². The van der Waals surface area contributed by atoms with Crippen LogP contribution in [-0.4, -0.2) is 35.2 Å². The summed E-state index contributed by atoms with van der Waals surface area (Å²) in [5.74, 6) is 0.0632. The van der Waals surface area contributed by atoms with Crippen LogP contribution in [0.1, 0.15) is 43.4 Å². The lowest BCUT2D eigenvalue weighted by atomic mass is 9.91. The molecule has 138 valence electrons. The average molecular weight is 418 g/mol. The number of carbonyl (C=O) groups is 1. The third-order valence-electron chi connectivity index (χ3n) is 4.84. The first-order valence-corrected chi connectivity index (χ1v) is 9.87. The van der Waals surface area contributed by atoms with Crippen molar-refractivity contribution in [2.24, 2.45) is 0 Å². The number of carboxylic acid groups (broad SMARTS) is 1. The zero-order valence-electron chi connectivity index (χ0n) is 14.9. The van der Waals surface area contributed by atoms with Crippen LogP contribution in [0, 0.1) is 0 Å². The molecule has 26 heavy (non-hydrogen) atoms. The number of nitrogens with zero attached hydrogens (tertiary/aromatic N) is 1. The van der Waals surface area contributed by atoms with Crippen LogP contribution in [0.25, 0.3) is 0 Å². The first kappa shape index (κ1) is 18.9. The second kappa shape index (κ2) is 8.69. The fourth-order valence-electron chi connectivity index (χ4n) is 3.75. The Labute approximate surface area is 162 Å². The lowest BCUT2D eigenvalue weighted by Crippen LogP contribution is -2.46. The number of ether oxygens (including phenoxy) is 1. The molecule has 0 bridgehead atoms. The molecule has 2 aromatic carbocycles. The van der Waals surface area contributed by atoms with Gasteiger partial charge in [0.25, 0.3) is 0 Å². The number of benzene rings is 2. The molecule has 2 atom stereocenters. The third-order valence-corrected chi connectivity index (χ3v) is 5.33. The molecular formula is C21H24BrNO3. The van der Waals surface area contributed by atoms with Crippen molar-refractivity contribution in [2.45, 2.75) is 38.3 Å². The van der Waals surface area contributed by atoms with Gasteiger partial charge in [0, 0.05) is 10.0 Å². The summed E-state index contributed by atoms with van der Waals surface area (Å²) in [6, 6.07) is 15.4. The van der Waals surface area contributed by atoms with Crippen LogP contribution in [0.15, 0.2) is 53.0 Å². The van der Waals surface area contributed by atoms with E-state index in [4.69, 9.17) is 4.74 Å². The fourth-order valence-corrected chi connectivity index (χ4v) is 4.16. The summed E-state index contributed by atoms with van der Waals surface area (Å²) in [7, 11) is 0. The zero-order valence-corrected chi connectivity index (χ0v) is 16.5. The highest BCUT2D eigenvalue weighted by atomic mass is 79.9. The molecule has 1 N–H and O–H groups in total. The Hall–Kier alpha value is -1.85. The number of likely N-dealkylation sites (tertiary alicyclic amines) is 1. The predicted molar refractivity (Wildman–Crippen MR) is 106 cm³/mol. The SMILES string of the molecule is CCOc1ccccc1C(c1cccc(Br)c1)N1CCCCC1C(=O)O. The topological polar surface area (TPSA) is 49.8 Å². The van der Waals surface area contributed by atoms with Gasteiger partial charge in [-0.2, -0.15) is 0 Å². The van der Waals surface area contributed by atoms with Gasteiger partial charge in [-0.15, -0.1) is 0 Å². The van der Waals surface area contributed by atoms with Crippen LogP contribution in [0.5, 0.6) is 5.75 Å². The maximum Gasteiger partial charge on any atom is 0.320 e. The largest absolute Gasteiger partial charge is 0.494 e. The van der Waals surface area contributed by atoms with Crippen molar-refractivity contribution >= 4 is 21.9 Å². The van der Waals surface area contributed by atoms with Crippen LogP contribution in [0.3, 0.4) is 0 Å². The molecule has 1 aliphatic heterocycles. The van der Waals surface area contributed by atoms with Crippen molar-refractivity contribution in [1.82, 2.24) is 4.90 Å². The monoisotopic (exact) mass is 417 g/mol. The first-order chi connectivity index (χ1) is 12.6. The second-order valence-corrected chi connectivity index (χ2v) is 7.43. The van der Waals surface area contributed by atoms with Crippen molar-refractivity contribution in [3.63, 3.8) is 0 Å². The summed E-state index contributed by atoms with van der Waals surface area (Å²) in [6.07, 6.45) is 2.63. The summed E-state index contributed by atoms with van der Waals surface area (Å²) < 4.78 is 6.85. The normalized spacial score (nSPS) is 19.1. The Morgan fingerprint density at radius 3 is 2.81 bits per heavy atom. The van der Waals surface area contributed by atoms with E-state index >= 15 is 0 Å². The van der Waals surface area contributed by atoms with Gasteiger partial charge in [-0.3, -0.25) is 9.69 Å². The van der Waals surface area contributed by atoms with E-state index in [1.165, 1.54) is 0 Å². The van der Waals surface area contributed by atoms with E-state index in [1.807, 2.05) is 43.3 Å². The highest BCUT2D eigenvalue weighted by Crippen LogP contribution is 2.39. The van der Waals surface area contributed by atoms with Gasteiger partial charge in [-0.1, -0.05) is 52.7 Å². The van der Waals surface area contributed by atoms with Crippen LogP contribution >= 0.6 is 15.9 Å². The Morgan fingerprint density at radius 1 is 1.27 bits per heavy atom. The van der Waals surface area contributed by atoms with Crippen LogP contribution in [-0.2, 0) is 4.79 Å². The number of hydrogen-bond acceptors (Lipinski definition) is 3. The Bertz CT molecular complexity index is 764. The molecule has 1 aliphatic rings. The molecule has 0 amide bonds. The number of carboxylic acids is 1. The Kier molecular flexibility index (Phi) is 6.33. The molecule has 3 rings (SSSR count). The standard InChI is InChI=1S/C21H24BrNO3/c1-2-26-19-12-4-3-10-17(19)20(15-8-7-9-16(22)14-15)23-13-6-5-11-18(23)21(24)25/h3-4,7-10,12,14,18,20H,2,5-6,11,13H2,1H3,(H,24,25). The van der Waals surface area contributed by atoms with Gasteiger partial charge < -0.3 is 9.84 Å². The molecule has 0 saturated carbocycles. The smallest absolute Gasteiger partial charge is 0.320 e. The van der Waals surface area contributed by atoms with Crippen LogP contribution in [0.4, 0.5) is 0 Å². The van der Waals surface area contributed by atoms with Crippen molar-refractivity contribution < 1.29 is 14.6 Å². The highest BCUT2D eigenvalue weighted by Gasteiger charge is 2.36. The minimum Gasteiger partial charge on any atom is -0.494 e. The molecule has 0 radical (unpaired) electrons. The molecule has 0 spiro atoms. The molecule has 5 heteroatoms. The summed E-state index contributed by atoms with van der Waals surface area (Å²) in [5.41, 5.74) is 2.08. The van der Waals surface area contributed by atoms with E-state index in [2.05, 4.69) is 33.0 Å². The summed E-state index contributed by atoms with van der Waals surface area (Å²) >= 11 is 3.55. The summed E-state index contributed by atoms with van der Waals surface area (Å²) in [5, 5.41) is 9.80. The zero-order chi connectivity index (χ0) is 18.5. The first-order valence-electron chi connectivity index (χ1n) is 9.07. The van der Waals surface area contributed by atoms with Gasteiger partial charge in [0.2, 0.25) is 0 Å². The Morgan fingerprint density at radius 2 is 2.08 bits per heavy atom. The van der Waals surface area contributed by atoms with Crippen molar-refractivity contribution in [2.75, 3.05) is 13.2 Å². The molecule has 0 aliphatic carbocycles. The molecule has 4 nitrogen and oxygen atoms in total. The molecule has 0 aromatic heterocycles. The molecule has 1 fully saturated rings. The van der Waals surface area contributed by atoms with Crippen LogP contribution in [0.2, 0.25) is 0 Å². The maximum absolute atomic E-state index is 11.9. The van der Waals surface area contributed by atoms with Crippen molar-refractivity contribution in [1.29, 1.82) is 0 Å². The quantitative estimate of drug-likeness (QED) is 0.727. The number of hydrogen-bond donors (Lipinski definition) is 1. The fraction of sp³-hybridized carbons (Fsp3) is 0.381. The van der Waals surface area contributed by atoms with Gasteiger partial charge >= 0.3 is 5.97 Å². The number of piperidine rings is 1. The van der Waals surface area contributed by atoms with Gasteiger partial charge in [-0.05, 0) is 50.1 Å². The average Bonchev–Trinajstić information content (AvgIpc) is 2.64. The van der Waals surface area contributed by atoms with E-state index in [-0.39, 0.29) is 6.04 Å². The van der Waals surface area contributed by atoms with E-state index in [0.29, 0.717) is 13.0 Å². The molecule has 1 heterocycles. The molecule has 2 aromatic rings. The highest BCUT2D eigenvalue weighted by molar-refractivity contribution is 9.10. The summed E-state index contributed by atoms with van der Waals surface area (Å²) in [4.78, 5) is 14.0. The molecule has 1 saturated heterocycles. The Balaban J connectivity index is 2.12. The van der Waals surface area contributed by atoms with E-state index in [0.717, 1.165) is 40.7 Å². The van der Waals surface area contributed by atoms with E-state index in [1.54, 1.807) is 0 Å². The lowest BCUT2D eigenvalue weighted by molar-refractivity contribution is -0.145. The lowest BCUT2D eigenvalue weighted by Gasteiger charge is -2.40. The van der Waals surface area contributed by atoms with Crippen molar-refractivity contribution in [3.05, 3.63) is 64.1 Å². The van der Waals surface area contributed by atoms with Gasteiger partial charge in [0.1, 0.15) is 11.8 Å². The van der Waals surface area contributed by atoms with Gasteiger partial charge in [0.05, 0.1) is 12.6 Å². The van der Waals surface area contributed by atoms with Gasteiger partial charge in [0.15, 0.2) is 0 Å². The third kappa shape index (κ3) is 4.10. The number of halogens is 1. The number of para-hydroxylation sites is 1. The summed E-state index contributed by atoms with van der Waals surface area (Å²) in [6.45, 7) is 3.30. The van der Waals surface area contributed by atoms with E-state index in [9.17, 15) is 9.90 Å². The molecule has 2 unspecified atom stereocenters. The molecular weight excluding hydrogens is 394 g/mol. The minimum atomic E-state index is -0.751. The minimum absolute atomic E-state index is 0.156.